The Kier molecular flexibility index (Phi) is 2.54. The van der Waals surface area contributed by atoms with Crippen LogP contribution in [0.2, 0.25) is 0 Å². The minimum Gasteiger partial charge on any atom is -0.342 e. The number of carbonyl (C=O) groups excluding carboxylic acids is 1. The summed E-state index contributed by atoms with van der Waals surface area (Å²) in [6, 6.07) is 3.99. The highest BCUT2D eigenvalue weighted by Gasteiger charge is 2.28. The fraction of sp³-hybridized carbons (Fsp3) is 0.462. The van der Waals surface area contributed by atoms with Gasteiger partial charge in [-0.05, 0) is 18.6 Å². The summed E-state index contributed by atoms with van der Waals surface area (Å²) < 4.78 is 1.82. The lowest BCUT2D eigenvalue weighted by Gasteiger charge is -2.12. The van der Waals surface area contributed by atoms with E-state index in [-0.39, 0.29) is 5.91 Å². The van der Waals surface area contributed by atoms with E-state index >= 15 is 0 Å². The number of aryl methyl sites for hydroxylation is 1. The maximum absolute atomic E-state index is 11.4. The highest BCUT2D eigenvalue weighted by atomic mass is 16.2. The second-order valence-corrected chi connectivity index (χ2v) is 4.83. The van der Waals surface area contributed by atoms with Gasteiger partial charge in [0, 0.05) is 44.6 Å². The van der Waals surface area contributed by atoms with E-state index in [2.05, 4.69) is 16.1 Å². The lowest BCUT2D eigenvalue weighted by atomic mass is 10.0. The molecule has 1 fully saturated rings. The van der Waals surface area contributed by atoms with Crippen LogP contribution in [0.5, 0.6) is 0 Å². The molecule has 5 nitrogen and oxygen atoms in total. The summed E-state index contributed by atoms with van der Waals surface area (Å²) in [7, 11) is 1.91. The molecule has 5 heteroatoms. The van der Waals surface area contributed by atoms with E-state index in [0.717, 1.165) is 36.2 Å². The minimum atomic E-state index is 0.149. The third-order valence-electron chi connectivity index (χ3n) is 3.65. The van der Waals surface area contributed by atoms with Crippen molar-refractivity contribution in [3.05, 3.63) is 24.0 Å². The van der Waals surface area contributed by atoms with Gasteiger partial charge in [0.15, 0.2) is 5.65 Å². The number of likely N-dealkylation sites (tertiary alicyclic amines) is 1. The highest BCUT2D eigenvalue weighted by molar-refractivity contribution is 5.79. The number of rotatable bonds is 1. The Labute approximate surface area is 105 Å². The Morgan fingerprint density at radius 3 is 3.06 bits per heavy atom. The first-order valence-electron chi connectivity index (χ1n) is 6.20. The SMILES string of the molecule is CC(=O)N1CCC(c2nn(C)c3ncccc23)C1. The number of aromatic nitrogens is 3. The van der Waals surface area contributed by atoms with E-state index in [1.54, 1.807) is 13.1 Å². The second-order valence-electron chi connectivity index (χ2n) is 4.83. The van der Waals surface area contributed by atoms with Crippen LogP contribution in [0.25, 0.3) is 11.0 Å². The van der Waals surface area contributed by atoms with Crippen molar-refractivity contribution in [2.24, 2.45) is 7.05 Å². The standard InChI is InChI=1S/C13H16N4O/c1-9(18)17-7-5-10(8-17)12-11-4-3-6-14-13(11)16(2)15-12/h3-4,6,10H,5,7-8H2,1-2H3. The minimum absolute atomic E-state index is 0.149. The summed E-state index contributed by atoms with van der Waals surface area (Å²) in [6.07, 6.45) is 2.77. The maximum Gasteiger partial charge on any atom is 0.219 e. The number of hydrogen-bond donors (Lipinski definition) is 0. The molecule has 3 rings (SSSR count). The maximum atomic E-state index is 11.4. The first-order chi connectivity index (χ1) is 8.66. The lowest BCUT2D eigenvalue weighted by molar-refractivity contribution is -0.127. The van der Waals surface area contributed by atoms with Crippen molar-refractivity contribution in [1.82, 2.24) is 19.7 Å². The number of amides is 1. The highest BCUT2D eigenvalue weighted by Crippen LogP contribution is 2.30. The van der Waals surface area contributed by atoms with Gasteiger partial charge in [0.2, 0.25) is 5.91 Å². The van der Waals surface area contributed by atoms with E-state index in [4.69, 9.17) is 0 Å². The van der Waals surface area contributed by atoms with Crippen molar-refractivity contribution in [3.63, 3.8) is 0 Å². The summed E-state index contributed by atoms with van der Waals surface area (Å²) in [5, 5.41) is 5.69. The second kappa shape index (κ2) is 4.08. The van der Waals surface area contributed by atoms with Crippen LogP contribution in [0.1, 0.15) is 25.0 Å². The molecule has 0 aliphatic carbocycles. The quantitative estimate of drug-likeness (QED) is 0.760. The van der Waals surface area contributed by atoms with Gasteiger partial charge in [0.05, 0.1) is 5.69 Å². The van der Waals surface area contributed by atoms with Crippen LogP contribution in [-0.2, 0) is 11.8 Å². The fourth-order valence-corrected chi connectivity index (χ4v) is 2.69. The van der Waals surface area contributed by atoms with Crippen molar-refractivity contribution in [3.8, 4) is 0 Å². The van der Waals surface area contributed by atoms with Gasteiger partial charge in [-0.3, -0.25) is 9.48 Å². The van der Waals surface area contributed by atoms with E-state index in [1.807, 2.05) is 22.7 Å². The molecule has 2 aromatic heterocycles. The van der Waals surface area contributed by atoms with Gasteiger partial charge >= 0.3 is 0 Å². The van der Waals surface area contributed by atoms with Crippen molar-refractivity contribution >= 4 is 16.9 Å². The molecule has 18 heavy (non-hydrogen) atoms. The van der Waals surface area contributed by atoms with Crippen molar-refractivity contribution in [2.45, 2.75) is 19.3 Å². The molecule has 1 aliphatic rings. The Hall–Kier alpha value is -1.91. The smallest absolute Gasteiger partial charge is 0.219 e. The summed E-state index contributed by atoms with van der Waals surface area (Å²) in [5.74, 6) is 0.484. The summed E-state index contributed by atoms with van der Waals surface area (Å²) in [6.45, 7) is 3.23. The molecule has 1 aliphatic heterocycles. The number of pyridine rings is 1. The molecule has 0 bridgehead atoms. The molecule has 0 aromatic carbocycles. The van der Waals surface area contributed by atoms with E-state index in [9.17, 15) is 4.79 Å². The topological polar surface area (TPSA) is 51.0 Å². The fourth-order valence-electron chi connectivity index (χ4n) is 2.69. The lowest BCUT2D eigenvalue weighted by Crippen LogP contribution is -2.25. The van der Waals surface area contributed by atoms with Crippen molar-refractivity contribution in [1.29, 1.82) is 0 Å². The molecule has 0 N–H and O–H groups in total. The molecule has 0 saturated carbocycles. The Morgan fingerprint density at radius 1 is 1.50 bits per heavy atom. The molecule has 1 saturated heterocycles. The average Bonchev–Trinajstić information content (AvgIpc) is 2.95. The first-order valence-corrected chi connectivity index (χ1v) is 6.20. The molecule has 0 radical (unpaired) electrons. The Bertz CT molecular complexity index is 604. The van der Waals surface area contributed by atoms with Crippen LogP contribution in [0.3, 0.4) is 0 Å². The largest absolute Gasteiger partial charge is 0.342 e. The summed E-state index contributed by atoms with van der Waals surface area (Å²) >= 11 is 0. The van der Waals surface area contributed by atoms with Crippen LogP contribution in [0.4, 0.5) is 0 Å². The first kappa shape index (κ1) is 11.2. The van der Waals surface area contributed by atoms with Gasteiger partial charge in [-0.1, -0.05) is 0 Å². The van der Waals surface area contributed by atoms with Crippen LogP contribution in [0, 0.1) is 0 Å². The zero-order valence-electron chi connectivity index (χ0n) is 10.6. The zero-order valence-corrected chi connectivity index (χ0v) is 10.6. The van der Waals surface area contributed by atoms with E-state index in [0.29, 0.717) is 5.92 Å². The molecule has 1 amide bonds. The van der Waals surface area contributed by atoms with Gasteiger partial charge in [0.25, 0.3) is 0 Å². The number of fused-ring (bicyclic) bond motifs is 1. The predicted octanol–water partition coefficient (Wildman–Crippen LogP) is 1.30. The molecule has 1 atom stereocenters. The number of hydrogen-bond acceptors (Lipinski definition) is 3. The number of carbonyl (C=O) groups is 1. The van der Waals surface area contributed by atoms with E-state index < -0.39 is 0 Å². The Morgan fingerprint density at radius 2 is 2.33 bits per heavy atom. The van der Waals surface area contributed by atoms with E-state index in [1.165, 1.54) is 0 Å². The predicted molar refractivity (Wildman–Crippen MR) is 68.1 cm³/mol. The van der Waals surface area contributed by atoms with Crippen LogP contribution in [-0.4, -0.2) is 38.7 Å². The normalized spacial score (nSPS) is 19.7. The zero-order chi connectivity index (χ0) is 12.7. The summed E-state index contributed by atoms with van der Waals surface area (Å²) in [5.41, 5.74) is 1.98. The Balaban J connectivity index is 1.98. The van der Waals surface area contributed by atoms with Gasteiger partial charge in [0.1, 0.15) is 0 Å². The van der Waals surface area contributed by atoms with Crippen LogP contribution in [0.15, 0.2) is 18.3 Å². The molecule has 2 aromatic rings. The van der Waals surface area contributed by atoms with Crippen molar-refractivity contribution in [2.75, 3.05) is 13.1 Å². The molecule has 1 unspecified atom stereocenters. The summed E-state index contributed by atoms with van der Waals surface area (Å²) in [4.78, 5) is 17.6. The van der Waals surface area contributed by atoms with Gasteiger partial charge in [-0.2, -0.15) is 5.10 Å². The van der Waals surface area contributed by atoms with Gasteiger partial charge in [-0.15, -0.1) is 0 Å². The van der Waals surface area contributed by atoms with Gasteiger partial charge in [-0.25, -0.2) is 4.98 Å². The molecule has 94 valence electrons. The number of nitrogens with zero attached hydrogens (tertiary/aromatic N) is 4. The third-order valence-corrected chi connectivity index (χ3v) is 3.65. The van der Waals surface area contributed by atoms with Crippen LogP contribution < -0.4 is 0 Å². The molecular formula is C13H16N4O. The van der Waals surface area contributed by atoms with Crippen molar-refractivity contribution < 1.29 is 4.79 Å². The monoisotopic (exact) mass is 244 g/mol. The third kappa shape index (κ3) is 1.66. The van der Waals surface area contributed by atoms with Crippen LogP contribution >= 0.6 is 0 Å². The molecular weight excluding hydrogens is 228 g/mol. The molecule has 0 spiro atoms. The van der Waals surface area contributed by atoms with Gasteiger partial charge < -0.3 is 4.90 Å². The average molecular weight is 244 g/mol. The molecule has 3 heterocycles.